The molecule has 2 aromatic rings. The minimum atomic E-state index is -0.455. The summed E-state index contributed by atoms with van der Waals surface area (Å²) in [5, 5.41) is 3.04. The number of imide groups is 1. The fraction of sp³-hybridized carbons (Fsp3) is 0.364. The van der Waals surface area contributed by atoms with Crippen LogP contribution in [0.1, 0.15) is 12.8 Å². The van der Waals surface area contributed by atoms with Crippen LogP contribution in [0, 0.1) is 0 Å². The Kier molecular flexibility index (Phi) is 2.62. The summed E-state index contributed by atoms with van der Waals surface area (Å²) in [5.74, 6) is 0.114. The molecule has 19 heavy (non-hydrogen) atoms. The molecular weight excluding hydrogens is 248 g/mol. The number of nitrogens with zero attached hydrogens (tertiary/aromatic N) is 4. The molecule has 1 fully saturated rings. The molecule has 2 N–H and O–H groups in total. The highest BCUT2D eigenvalue weighted by Crippen LogP contribution is 2.19. The fourth-order valence-corrected chi connectivity index (χ4v) is 2.09. The van der Waals surface area contributed by atoms with Gasteiger partial charge < -0.3 is 10.3 Å². The molecule has 0 spiro atoms. The van der Waals surface area contributed by atoms with E-state index in [9.17, 15) is 9.59 Å². The summed E-state index contributed by atoms with van der Waals surface area (Å²) < 4.78 is 0. The molecule has 98 valence electrons. The van der Waals surface area contributed by atoms with Crippen molar-refractivity contribution in [2.45, 2.75) is 18.9 Å². The van der Waals surface area contributed by atoms with Gasteiger partial charge in [-0.2, -0.15) is 0 Å². The minimum absolute atomic E-state index is 0.155. The molecule has 0 saturated carbocycles. The van der Waals surface area contributed by atoms with Crippen LogP contribution in [-0.2, 0) is 9.59 Å². The number of anilines is 1. The first-order valence-electron chi connectivity index (χ1n) is 5.88. The van der Waals surface area contributed by atoms with Crippen molar-refractivity contribution in [3.63, 3.8) is 0 Å². The number of aromatic nitrogens is 4. The lowest BCUT2D eigenvalue weighted by atomic mass is 10.0. The van der Waals surface area contributed by atoms with Gasteiger partial charge in [-0.15, -0.1) is 0 Å². The Morgan fingerprint density at radius 1 is 1.37 bits per heavy atom. The zero-order chi connectivity index (χ0) is 13.4. The summed E-state index contributed by atoms with van der Waals surface area (Å²) in [6.45, 7) is 0. The number of nitrogens with one attached hydrogen (secondary N) is 2. The van der Waals surface area contributed by atoms with Crippen LogP contribution in [0.4, 0.5) is 5.82 Å². The highest BCUT2D eigenvalue weighted by molar-refractivity contribution is 6.01. The van der Waals surface area contributed by atoms with Crippen LogP contribution in [0.25, 0.3) is 11.2 Å². The Morgan fingerprint density at radius 2 is 2.21 bits per heavy atom. The lowest BCUT2D eigenvalue weighted by Crippen LogP contribution is -2.48. The Labute approximate surface area is 108 Å². The second kappa shape index (κ2) is 4.30. The molecular formula is C11H12N6O2. The van der Waals surface area contributed by atoms with Crippen molar-refractivity contribution < 1.29 is 9.59 Å². The second-order valence-electron chi connectivity index (χ2n) is 4.35. The average Bonchev–Trinajstić information content (AvgIpc) is 2.89. The monoisotopic (exact) mass is 260 g/mol. The van der Waals surface area contributed by atoms with Crippen LogP contribution in [0.2, 0.25) is 0 Å². The molecule has 8 nitrogen and oxygen atoms in total. The van der Waals surface area contributed by atoms with E-state index in [2.05, 4.69) is 25.3 Å². The predicted molar refractivity (Wildman–Crippen MR) is 66.1 cm³/mol. The summed E-state index contributed by atoms with van der Waals surface area (Å²) in [5.41, 5.74) is 1.18. The number of piperidine rings is 1. The van der Waals surface area contributed by atoms with Crippen molar-refractivity contribution in [1.29, 1.82) is 0 Å². The van der Waals surface area contributed by atoms with Crippen LogP contribution < -0.4 is 5.32 Å². The molecule has 2 aromatic heterocycles. The van der Waals surface area contributed by atoms with Crippen molar-refractivity contribution in [3.05, 3.63) is 12.7 Å². The Hall–Kier alpha value is -2.51. The molecule has 2 amide bonds. The Morgan fingerprint density at radius 3 is 3.05 bits per heavy atom. The largest absolute Gasteiger partial charge is 0.356 e. The van der Waals surface area contributed by atoms with Gasteiger partial charge in [0.2, 0.25) is 5.91 Å². The highest BCUT2D eigenvalue weighted by Gasteiger charge is 2.32. The van der Waals surface area contributed by atoms with Crippen LogP contribution in [0.15, 0.2) is 12.7 Å². The van der Waals surface area contributed by atoms with Gasteiger partial charge in [-0.05, 0) is 6.42 Å². The number of fused-ring (bicyclic) bond motifs is 1. The number of hydrogen-bond donors (Lipinski definition) is 2. The molecule has 3 heterocycles. The summed E-state index contributed by atoms with van der Waals surface area (Å²) in [6.07, 6.45) is 3.70. The zero-order valence-corrected chi connectivity index (χ0v) is 10.3. The first kappa shape index (κ1) is 11.6. The van der Waals surface area contributed by atoms with Crippen LogP contribution in [-0.4, -0.2) is 49.7 Å². The standard InChI is InChI=1S/C11H12N6O2/c1-17-7(18)3-2-6(11(17)19)16-10-8-9(13-4-12-8)14-5-15-10/h4-6H,2-3H2,1H3,(H2,12,13,14,15,16). The van der Waals surface area contributed by atoms with Gasteiger partial charge in [0.1, 0.15) is 17.9 Å². The second-order valence-corrected chi connectivity index (χ2v) is 4.35. The number of H-pyrrole nitrogens is 1. The number of likely N-dealkylation sites (tertiary alicyclic amines) is 1. The normalized spacial score (nSPS) is 20.1. The number of aromatic amines is 1. The van der Waals surface area contributed by atoms with E-state index in [1.807, 2.05) is 0 Å². The number of hydrogen-bond acceptors (Lipinski definition) is 6. The van der Waals surface area contributed by atoms with E-state index >= 15 is 0 Å². The van der Waals surface area contributed by atoms with E-state index in [1.54, 1.807) is 0 Å². The maximum Gasteiger partial charge on any atom is 0.251 e. The van der Waals surface area contributed by atoms with Gasteiger partial charge in [-0.3, -0.25) is 14.5 Å². The van der Waals surface area contributed by atoms with Crippen LogP contribution in [0.5, 0.6) is 0 Å². The lowest BCUT2D eigenvalue weighted by molar-refractivity contribution is -0.146. The first-order chi connectivity index (χ1) is 9.16. The third kappa shape index (κ3) is 1.90. The number of rotatable bonds is 2. The van der Waals surface area contributed by atoms with E-state index in [0.29, 0.717) is 29.8 Å². The van der Waals surface area contributed by atoms with Gasteiger partial charge in [0.25, 0.3) is 5.91 Å². The first-order valence-corrected chi connectivity index (χ1v) is 5.88. The molecule has 0 bridgehead atoms. The van der Waals surface area contributed by atoms with Gasteiger partial charge in [-0.25, -0.2) is 15.0 Å². The van der Waals surface area contributed by atoms with Crippen molar-refractivity contribution in [2.75, 3.05) is 12.4 Å². The molecule has 1 aliphatic heterocycles. The molecule has 1 unspecified atom stereocenters. The average molecular weight is 260 g/mol. The summed E-state index contributed by atoms with van der Waals surface area (Å²) in [7, 11) is 1.49. The number of amides is 2. The molecule has 0 aromatic carbocycles. The van der Waals surface area contributed by atoms with Crippen LogP contribution >= 0.6 is 0 Å². The van der Waals surface area contributed by atoms with Crippen LogP contribution in [0.3, 0.4) is 0 Å². The SMILES string of the molecule is CN1C(=O)CCC(Nc2ncnc3nc[nH]c23)C1=O. The maximum atomic E-state index is 12.0. The molecule has 1 aliphatic rings. The Bertz CT molecular complexity index is 651. The fourth-order valence-electron chi connectivity index (χ4n) is 2.09. The third-order valence-corrected chi connectivity index (χ3v) is 3.18. The number of imidazole rings is 1. The topological polar surface area (TPSA) is 104 Å². The molecule has 3 rings (SSSR count). The quantitative estimate of drug-likeness (QED) is 0.731. The van der Waals surface area contributed by atoms with Crippen molar-refractivity contribution in [1.82, 2.24) is 24.8 Å². The van der Waals surface area contributed by atoms with Crippen molar-refractivity contribution in [2.24, 2.45) is 0 Å². The number of carbonyl (C=O) groups excluding carboxylic acids is 2. The molecule has 1 saturated heterocycles. The Balaban J connectivity index is 1.87. The van der Waals surface area contributed by atoms with Gasteiger partial charge >= 0.3 is 0 Å². The predicted octanol–water partition coefficient (Wildman–Crippen LogP) is -0.0878. The van der Waals surface area contributed by atoms with Gasteiger partial charge in [0.05, 0.1) is 6.33 Å². The van der Waals surface area contributed by atoms with Gasteiger partial charge in [0, 0.05) is 13.5 Å². The summed E-state index contributed by atoms with van der Waals surface area (Å²) >= 11 is 0. The van der Waals surface area contributed by atoms with Gasteiger partial charge in [-0.1, -0.05) is 0 Å². The zero-order valence-electron chi connectivity index (χ0n) is 10.3. The number of carbonyl (C=O) groups is 2. The molecule has 0 aliphatic carbocycles. The minimum Gasteiger partial charge on any atom is -0.356 e. The summed E-state index contributed by atoms with van der Waals surface area (Å²) in [4.78, 5) is 39.6. The van der Waals surface area contributed by atoms with E-state index in [1.165, 1.54) is 19.7 Å². The summed E-state index contributed by atoms with van der Waals surface area (Å²) in [6, 6.07) is -0.455. The molecule has 8 heteroatoms. The highest BCUT2D eigenvalue weighted by atomic mass is 16.2. The third-order valence-electron chi connectivity index (χ3n) is 3.18. The smallest absolute Gasteiger partial charge is 0.251 e. The van der Waals surface area contributed by atoms with E-state index in [4.69, 9.17) is 0 Å². The molecule has 0 radical (unpaired) electrons. The lowest BCUT2D eigenvalue weighted by Gasteiger charge is -2.28. The van der Waals surface area contributed by atoms with E-state index < -0.39 is 6.04 Å². The van der Waals surface area contributed by atoms with Gasteiger partial charge in [0.15, 0.2) is 11.5 Å². The van der Waals surface area contributed by atoms with Crippen molar-refractivity contribution in [3.8, 4) is 0 Å². The maximum absolute atomic E-state index is 12.0. The van der Waals surface area contributed by atoms with E-state index in [0.717, 1.165) is 4.90 Å². The van der Waals surface area contributed by atoms with E-state index in [-0.39, 0.29) is 11.8 Å². The molecule has 1 atom stereocenters. The number of likely N-dealkylation sites (N-methyl/N-ethyl adjacent to an activating group) is 1. The van der Waals surface area contributed by atoms with Crippen molar-refractivity contribution >= 4 is 28.8 Å².